The first-order chi connectivity index (χ1) is 16.1. The van der Waals surface area contributed by atoms with E-state index in [-0.39, 0.29) is 11.7 Å². The predicted molar refractivity (Wildman–Crippen MR) is 125 cm³/mol. The van der Waals surface area contributed by atoms with Crippen molar-refractivity contribution < 1.29 is 13.9 Å². The number of aromatic nitrogens is 3. The molecule has 0 aliphatic carbocycles. The van der Waals surface area contributed by atoms with Gasteiger partial charge >= 0.3 is 0 Å². The van der Waals surface area contributed by atoms with E-state index in [0.717, 1.165) is 11.1 Å². The number of methoxy groups -OCH3 is 1. The van der Waals surface area contributed by atoms with Crippen LogP contribution in [0, 0.1) is 5.82 Å². The molecule has 0 saturated heterocycles. The maximum atomic E-state index is 13.6. The molecule has 1 aliphatic rings. The zero-order valence-corrected chi connectivity index (χ0v) is 18.4. The van der Waals surface area contributed by atoms with Crippen molar-refractivity contribution in [3.63, 3.8) is 0 Å². The van der Waals surface area contributed by atoms with E-state index < -0.39 is 11.3 Å². The number of benzene rings is 3. The van der Waals surface area contributed by atoms with Crippen molar-refractivity contribution in [2.75, 3.05) is 17.9 Å². The lowest BCUT2D eigenvalue weighted by molar-refractivity contribution is -0.116. The van der Waals surface area contributed by atoms with Gasteiger partial charge in [0.15, 0.2) is 5.82 Å². The lowest BCUT2D eigenvalue weighted by Crippen LogP contribution is -2.41. The summed E-state index contributed by atoms with van der Waals surface area (Å²) in [5.41, 5.74) is 5.61. The Hall–Kier alpha value is -3.85. The van der Waals surface area contributed by atoms with Gasteiger partial charge in [-0.25, -0.2) is 9.07 Å². The van der Waals surface area contributed by atoms with Crippen LogP contribution >= 0.6 is 11.8 Å². The standard InChI is InChI=1S/C24H20FN5O2S/c1-32-19-10-6-5-9-18(19)26-23(31)21-20(15-11-13-17(25)14-12-15)29-30-22(27-28-24(30)33-21)16-7-3-2-4-8-16/h2-14,20-21,29H,1H3,(H,26,31)/t20-,21-/m1/s1. The molecule has 166 valence electrons. The van der Waals surface area contributed by atoms with Crippen LogP contribution in [0.5, 0.6) is 5.75 Å². The molecule has 7 nitrogen and oxygen atoms in total. The third-order valence-corrected chi connectivity index (χ3v) is 6.54. The normalized spacial score (nSPS) is 17.0. The van der Waals surface area contributed by atoms with Crippen molar-refractivity contribution >= 4 is 23.4 Å². The smallest absolute Gasteiger partial charge is 0.240 e. The van der Waals surface area contributed by atoms with Gasteiger partial charge in [-0.15, -0.1) is 10.2 Å². The number of ether oxygens (including phenoxy) is 1. The van der Waals surface area contributed by atoms with E-state index in [2.05, 4.69) is 20.9 Å². The molecule has 0 radical (unpaired) electrons. The number of fused-ring (bicyclic) bond motifs is 1. The first kappa shape index (κ1) is 21.0. The van der Waals surface area contributed by atoms with Gasteiger partial charge in [0.1, 0.15) is 16.8 Å². The van der Waals surface area contributed by atoms with Crippen molar-refractivity contribution in [2.45, 2.75) is 16.4 Å². The lowest BCUT2D eigenvalue weighted by atomic mass is 10.0. The second-order valence-electron chi connectivity index (χ2n) is 7.39. The molecule has 9 heteroatoms. The fourth-order valence-corrected chi connectivity index (χ4v) is 4.78. The van der Waals surface area contributed by atoms with Gasteiger partial charge in [0, 0.05) is 5.56 Å². The Morgan fingerprint density at radius 1 is 1.03 bits per heavy atom. The fraction of sp³-hybridized carbons (Fsp3) is 0.125. The molecular weight excluding hydrogens is 441 g/mol. The van der Waals surface area contributed by atoms with Crippen LogP contribution in [0.25, 0.3) is 11.4 Å². The number of carbonyl (C=O) groups is 1. The molecule has 0 bridgehead atoms. The predicted octanol–water partition coefficient (Wildman–Crippen LogP) is 4.49. The summed E-state index contributed by atoms with van der Waals surface area (Å²) in [4.78, 5) is 13.4. The van der Waals surface area contributed by atoms with Gasteiger partial charge < -0.3 is 15.5 Å². The average molecular weight is 462 g/mol. The number of hydrogen-bond acceptors (Lipinski definition) is 6. The Labute approximate surface area is 194 Å². The summed E-state index contributed by atoms with van der Waals surface area (Å²) >= 11 is 1.30. The third kappa shape index (κ3) is 4.14. The summed E-state index contributed by atoms with van der Waals surface area (Å²) < 4.78 is 20.8. The summed E-state index contributed by atoms with van der Waals surface area (Å²) in [5, 5.41) is 11.6. The number of thioether (sulfide) groups is 1. The van der Waals surface area contributed by atoms with E-state index in [0.29, 0.717) is 22.4 Å². The minimum absolute atomic E-state index is 0.234. The van der Waals surface area contributed by atoms with Gasteiger partial charge in [0.05, 0.1) is 18.8 Å². The highest BCUT2D eigenvalue weighted by Crippen LogP contribution is 2.39. The molecule has 1 aliphatic heterocycles. The molecule has 1 amide bonds. The maximum Gasteiger partial charge on any atom is 0.240 e. The highest BCUT2D eigenvalue weighted by molar-refractivity contribution is 8.00. The van der Waals surface area contributed by atoms with E-state index in [1.807, 2.05) is 42.5 Å². The number of hydrogen-bond donors (Lipinski definition) is 2. The second kappa shape index (κ2) is 8.95. The van der Waals surface area contributed by atoms with E-state index in [4.69, 9.17) is 4.74 Å². The fourth-order valence-electron chi connectivity index (χ4n) is 3.70. The quantitative estimate of drug-likeness (QED) is 0.456. The third-order valence-electron chi connectivity index (χ3n) is 5.32. The number of carbonyl (C=O) groups excluding carboxylic acids is 1. The molecular formula is C24H20FN5O2S. The maximum absolute atomic E-state index is 13.6. The molecule has 5 rings (SSSR count). The molecule has 0 fully saturated rings. The summed E-state index contributed by atoms with van der Waals surface area (Å²) in [6, 6.07) is 22.5. The minimum atomic E-state index is -0.597. The zero-order chi connectivity index (χ0) is 22.8. The van der Waals surface area contributed by atoms with Crippen LogP contribution in [0.15, 0.2) is 84.0 Å². The highest BCUT2D eigenvalue weighted by atomic mass is 32.2. The van der Waals surface area contributed by atoms with Crippen LogP contribution in [0.2, 0.25) is 0 Å². The molecule has 0 spiro atoms. The molecule has 3 aromatic carbocycles. The molecule has 2 heterocycles. The number of halogens is 1. The van der Waals surface area contributed by atoms with Gasteiger partial charge in [-0.1, -0.05) is 66.4 Å². The van der Waals surface area contributed by atoms with E-state index in [1.165, 1.54) is 23.9 Å². The Morgan fingerprint density at radius 3 is 2.52 bits per heavy atom. The van der Waals surface area contributed by atoms with Crippen LogP contribution in [-0.4, -0.2) is 33.1 Å². The first-order valence-electron chi connectivity index (χ1n) is 10.3. The van der Waals surface area contributed by atoms with Crippen molar-refractivity contribution in [3.8, 4) is 17.1 Å². The Bertz CT molecular complexity index is 1280. The average Bonchev–Trinajstić information content (AvgIpc) is 3.27. The van der Waals surface area contributed by atoms with Crippen LogP contribution in [-0.2, 0) is 4.79 Å². The van der Waals surface area contributed by atoms with Crippen molar-refractivity contribution in [3.05, 3.63) is 90.2 Å². The topological polar surface area (TPSA) is 81.1 Å². The molecule has 2 N–H and O–H groups in total. The van der Waals surface area contributed by atoms with Gasteiger partial charge in [-0.3, -0.25) is 4.79 Å². The molecule has 2 atom stereocenters. The van der Waals surface area contributed by atoms with Crippen LogP contribution in [0.4, 0.5) is 10.1 Å². The molecule has 0 unspecified atom stereocenters. The number of anilines is 1. The van der Waals surface area contributed by atoms with E-state index >= 15 is 0 Å². The molecule has 1 aromatic heterocycles. The van der Waals surface area contributed by atoms with Gasteiger partial charge in [0.25, 0.3) is 0 Å². The first-order valence-corrected chi connectivity index (χ1v) is 11.2. The zero-order valence-electron chi connectivity index (χ0n) is 17.6. The monoisotopic (exact) mass is 461 g/mol. The number of nitrogens with zero attached hydrogens (tertiary/aromatic N) is 3. The minimum Gasteiger partial charge on any atom is -0.495 e. The van der Waals surface area contributed by atoms with Crippen molar-refractivity contribution in [1.82, 2.24) is 14.9 Å². The Balaban J connectivity index is 1.52. The number of para-hydroxylation sites is 2. The summed E-state index contributed by atoms with van der Waals surface area (Å²) in [5.74, 6) is 0.621. The van der Waals surface area contributed by atoms with Gasteiger partial charge in [-0.2, -0.15) is 0 Å². The van der Waals surface area contributed by atoms with Crippen molar-refractivity contribution in [1.29, 1.82) is 0 Å². The van der Waals surface area contributed by atoms with E-state index in [9.17, 15) is 9.18 Å². The van der Waals surface area contributed by atoms with Crippen LogP contribution < -0.4 is 15.5 Å². The van der Waals surface area contributed by atoms with Crippen LogP contribution in [0.3, 0.4) is 0 Å². The molecule has 33 heavy (non-hydrogen) atoms. The summed E-state index contributed by atoms with van der Waals surface area (Å²) in [6.07, 6.45) is 0. The summed E-state index contributed by atoms with van der Waals surface area (Å²) in [7, 11) is 1.55. The van der Waals surface area contributed by atoms with Crippen LogP contribution in [0.1, 0.15) is 11.6 Å². The SMILES string of the molecule is COc1ccccc1NC(=O)[C@@H]1Sc2nnc(-c3ccccc3)n2N[C@@H]1c1ccc(F)cc1. The Kier molecular flexibility index (Phi) is 5.70. The number of nitrogens with one attached hydrogen (secondary N) is 2. The highest BCUT2D eigenvalue weighted by Gasteiger charge is 2.38. The van der Waals surface area contributed by atoms with Gasteiger partial charge in [-0.05, 0) is 29.8 Å². The lowest BCUT2D eigenvalue weighted by Gasteiger charge is -2.33. The molecule has 4 aromatic rings. The summed E-state index contributed by atoms with van der Waals surface area (Å²) in [6.45, 7) is 0. The van der Waals surface area contributed by atoms with Crippen molar-refractivity contribution in [2.24, 2.45) is 0 Å². The van der Waals surface area contributed by atoms with Gasteiger partial charge in [0.2, 0.25) is 11.1 Å². The number of amides is 1. The van der Waals surface area contributed by atoms with E-state index in [1.54, 1.807) is 36.1 Å². The largest absolute Gasteiger partial charge is 0.495 e. The number of rotatable bonds is 5. The Morgan fingerprint density at radius 2 is 1.76 bits per heavy atom. The second-order valence-corrected chi connectivity index (χ2v) is 8.50. The molecule has 0 saturated carbocycles.